The van der Waals surface area contributed by atoms with E-state index in [1.807, 2.05) is 42.5 Å². The van der Waals surface area contributed by atoms with Gasteiger partial charge >= 0.3 is 0 Å². The normalized spacial score (nSPS) is 14.4. The number of morpholine rings is 1. The highest BCUT2D eigenvalue weighted by Crippen LogP contribution is 2.31. The molecule has 6 nitrogen and oxygen atoms in total. The SMILES string of the molecule is c1ccc(Sc2cc(Sc3ccccn3)nc(N3CCOCC3)n2)nc1. The van der Waals surface area contributed by atoms with Gasteiger partial charge in [-0.2, -0.15) is 0 Å². The summed E-state index contributed by atoms with van der Waals surface area (Å²) in [5.74, 6) is 0.729. The van der Waals surface area contributed by atoms with Crippen LogP contribution < -0.4 is 4.90 Å². The summed E-state index contributed by atoms with van der Waals surface area (Å²) in [6.45, 7) is 2.99. The predicted octanol–water partition coefficient (Wildman–Crippen LogP) is 3.41. The van der Waals surface area contributed by atoms with E-state index in [1.54, 1.807) is 12.4 Å². The first-order chi connectivity index (χ1) is 12.9. The quantitative estimate of drug-likeness (QED) is 0.621. The smallest absolute Gasteiger partial charge is 0.227 e. The Morgan fingerprint density at radius 3 is 1.85 bits per heavy atom. The van der Waals surface area contributed by atoms with Crippen molar-refractivity contribution in [3.05, 3.63) is 54.9 Å². The summed E-state index contributed by atoms with van der Waals surface area (Å²) in [6.07, 6.45) is 3.58. The molecule has 1 aliphatic heterocycles. The summed E-state index contributed by atoms with van der Waals surface area (Å²) < 4.78 is 5.45. The molecule has 0 bridgehead atoms. The van der Waals surface area contributed by atoms with E-state index >= 15 is 0 Å². The van der Waals surface area contributed by atoms with Crippen molar-refractivity contribution in [3.63, 3.8) is 0 Å². The molecule has 3 aromatic rings. The summed E-state index contributed by atoms with van der Waals surface area (Å²) in [6, 6.07) is 13.7. The predicted molar refractivity (Wildman–Crippen MR) is 102 cm³/mol. The molecule has 0 atom stereocenters. The van der Waals surface area contributed by atoms with E-state index in [0.717, 1.165) is 39.1 Å². The van der Waals surface area contributed by atoms with Gasteiger partial charge < -0.3 is 9.64 Å². The largest absolute Gasteiger partial charge is 0.378 e. The molecular weight excluding hydrogens is 366 g/mol. The highest BCUT2D eigenvalue weighted by Gasteiger charge is 2.17. The zero-order valence-corrected chi connectivity index (χ0v) is 15.6. The van der Waals surface area contributed by atoms with Crippen molar-refractivity contribution in [3.8, 4) is 0 Å². The van der Waals surface area contributed by atoms with E-state index in [0.29, 0.717) is 13.2 Å². The molecule has 0 saturated carbocycles. The Kier molecular flexibility index (Phi) is 5.63. The monoisotopic (exact) mass is 383 g/mol. The topological polar surface area (TPSA) is 64.0 Å². The summed E-state index contributed by atoms with van der Waals surface area (Å²) in [5.41, 5.74) is 0. The van der Waals surface area contributed by atoms with E-state index < -0.39 is 0 Å². The molecule has 0 radical (unpaired) electrons. The number of pyridine rings is 2. The fraction of sp³-hybridized carbons (Fsp3) is 0.222. The van der Waals surface area contributed by atoms with Crippen LogP contribution in [0.25, 0.3) is 0 Å². The lowest BCUT2D eigenvalue weighted by atomic mass is 10.4. The zero-order chi connectivity index (χ0) is 17.6. The van der Waals surface area contributed by atoms with Gasteiger partial charge in [-0.15, -0.1) is 0 Å². The minimum Gasteiger partial charge on any atom is -0.378 e. The Balaban J connectivity index is 1.64. The number of aromatic nitrogens is 4. The van der Waals surface area contributed by atoms with Gasteiger partial charge in [0.05, 0.1) is 13.2 Å². The first kappa shape index (κ1) is 17.3. The van der Waals surface area contributed by atoms with Crippen molar-refractivity contribution in [1.82, 2.24) is 19.9 Å². The molecule has 1 saturated heterocycles. The minimum atomic E-state index is 0.698. The molecule has 26 heavy (non-hydrogen) atoms. The summed E-state index contributed by atoms with van der Waals surface area (Å²) in [7, 11) is 0. The molecule has 0 amide bonds. The third kappa shape index (κ3) is 4.51. The Morgan fingerprint density at radius 1 is 0.769 bits per heavy atom. The van der Waals surface area contributed by atoms with E-state index in [-0.39, 0.29) is 0 Å². The van der Waals surface area contributed by atoms with Crippen LogP contribution in [0.4, 0.5) is 5.95 Å². The standard InChI is InChI=1S/C18H17N5OS2/c1-3-7-19-14(5-1)25-16-13-17(26-15-6-2-4-8-20-15)22-18(21-16)23-9-11-24-12-10-23/h1-8,13H,9-12H2. The van der Waals surface area contributed by atoms with Crippen molar-refractivity contribution in [1.29, 1.82) is 0 Å². The molecular formula is C18H17N5OS2. The maximum Gasteiger partial charge on any atom is 0.227 e. The lowest BCUT2D eigenvalue weighted by Crippen LogP contribution is -2.37. The van der Waals surface area contributed by atoms with Crippen molar-refractivity contribution in [2.24, 2.45) is 0 Å². The minimum absolute atomic E-state index is 0.698. The molecule has 0 aliphatic carbocycles. The lowest BCUT2D eigenvalue weighted by Gasteiger charge is -2.27. The Labute approximate surface area is 160 Å². The van der Waals surface area contributed by atoms with E-state index in [2.05, 4.69) is 14.9 Å². The first-order valence-electron chi connectivity index (χ1n) is 8.26. The number of hydrogen-bond acceptors (Lipinski definition) is 8. The van der Waals surface area contributed by atoms with Crippen LogP contribution in [-0.4, -0.2) is 46.2 Å². The Morgan fingerprint density at radius 2 is 1.35 bits per heavy atom. The number of ether oxygens (including phenoxy) is 1. The number of anilines is 1. The van der Waals surface area contributed by atoms with Crippen molar-refractivity contribution in [2.45, 2.75) is 20.1 Å². The molecule has 1 fully saturated rings. The second-order valence-electron chi connectivity index (χ2n) is 5.48. The number of rotatable bonds is 5. The van der Waals surface area contributed by atoms with Gasteiger partial charge in [-0.05, 0) is 47.8 Å². The van der Waals surface area contributed by atoms with Gasteiger partial charge in [-0.25, -0.2) is 19.9 Å². The highest BCUT2D eigenvalue weighted by molar-refractivity contribution is 8.00. The molecule has 0 unspecified atom stereocenters. The van der Waals surface area contributed by atoms with Crippen molar-refractivity contribution < 1.29 is 4.74 Å². The van der Waals surface area contributed by atoms with Crippen LogP contribution in [0.1, 0.15) is 0 Å². The molecule has 0 N–H and O–H groups in total. The Hall–Kier alpha value is -2.16. The molecule has 132 valence electrons. The van der Waals surface area contributed by atoms with Gasteiger partial charge in [0.15, 0.2) is 0 Å². The molecule has 8 heteroatoms. The number of hydrogen-bond donors (Lipinski definition) is 0. The summed E-state index contributed by atoms with van der Waals surface area (Å²) in [4.78, 5) is 20.4. The van der Waals surface area contributed by atoms with Gasteiger partial charge in [0.25, 0.3) is 0 Å². The first-order valence-corrected chi connectivity index (χ1v) is 9.90. The zero-order valence-electron chi connectivity index (χ0n) is 14.0. The summed E-state index contributed by atoms with van der Waals surface area (Å²) in [5, 5.41) is 3.57. The van der Waals surface area contributed by atoms with Crippen LogP contribution in [0.2, 0.25) is 0 Å². The van der Waals surface area contributed by atoms with Crippen LogP contribution in [0.5, 0.6) is 0 Å². The van der Waals surface area contributed by atoms with Gasteiger partial charge in [0, 0.05) is 31.5 Å². The van der Waals surface area contributed by atoms with E-state index in [4.69, 9.17) is 14.7 Å². The maximum absolute atomic E-state index is 5.45. The molecule has 4 rings (SSSR count). The van der Waals surface area contributed by atoms with Gasteiger partial charge in [0.1, 0.15) is 20.1 Å². The fourth-order valence-electron chi connectivity index (χ4n) is 2.43. The third-order valence-corrected chi connectivity index (χ3v) is 5.39. The molecule has 0 spiro atoms. The third-order valence-electron chi connectivity index (χ3n) is 3.66. The Bertz CT molecular complexity index is 785. The van der Waals surface area contributed by atoms with Crippen LogP contribution in [-0.2, 0) is 4.74 Å². The average Bonchev–Trinajstić information content (AvgIpc) is 2.70. The highest BCUT2D eigenvalue weighted by atomic mass is 32.2. The van der Waals surface area contributed by atoms with Crippen molar-refractivity contribution >= 4 is 29.5 Å². The lowest BCUT2D eigenvalue weighted by molar-refractivity contribution is 0.122. The van der Waals surface area contributed by atoms with Crippen LogP contribution in [0, 0.1) is 0 Å². The van der Waals surface area contributed by atoms with E-state index in [1.165, 1.54) is 23.5 Å². The van der Waals surface area contributed by atoms with Crippen LogP contribution >= 0.6 is 23.5 Å². The van der Waals surface area contributed by atoms with Crippen LogP contribution in [0.3, 0.4) is 0 Å². The fourth-order valence-corrected chi connectivity index (χ4v) is 4.05. The second-order valence-corrected chi connectivity index (χ2v) is 7.57. The molecule has 3 aromatic heterocycles. The molecule has 0 aromatic carbocycles. The maximum atomic E-state index is 5.45. The molecule has 1 aliphatic rings. The van der Waals surface area contributed by atoms with Gasteiger partial charge in [-0.3, -0.25) is 0 Å². The van der Waals surface area contributed by atoms with Gasteiger partial charge in [-0.1, -0.05) is 12.1 Å². The number of nitrogens with zero attached hydrogens (tertiary/aromatic N) is 5. The average molecular weight is 384 g/mol. The van der Waals surface area contributed by atoms with Crippen LogP contribution in [0.15, 0.2) is 75.0 Å². The second kappa shape index (κ2) is 8.48. The summed E-state index contributed by atoms with van der Waals surface area (Å²) >= 11 is 3.07. The molecule has 4 heterocycles. The van der Waals surface area contributed by atoms with E-state index in [9.17, 15) is 0 Å². The van der Waals surface area contributed by atoms with Crippen molar-refractivity contribution in [2.75, 3.05) is 31.2 Å². The van der Waals surface area contributed by atoms with Gasteiger partial charge in [0.2, 0.25) is 5.95 Å².